The Morgan fingerprint density at radius 3 is 2.37 bits per heavy atom. The Bertz CT molecular complexity index is 1180. The number of benzene rings is 4. The van der Waals surface area contributed by atoms with Gasteiger partial charge in [-0.3, -0.25) is 0 Å². The lowest BCUT2D eigenvalue weighted by atomic mass is 9.93. The van der Waals surface area contributed by atoms with E-state index in [4.69, 9.17) is 4.74 Å². The molecule has 0 unspecified atom stereocenters. The average molecular weight is 392 g/mol. The summed E-state index contributed by atoms with van der Waals surface area (Å²) in [6.45, 7) is 0.314. The predicted molar refractivity (Wildman–Crippen MR) is 122 cm³/mol. The lowest BCUT2D eigenvalue weighted by molar-refractivity contribution is 0.200. The van der Waals surface area contributed by atoms with Gasteiger partial charge in [-0.2, -0.15) is 0 Å². The highest BCUT2D eigenvalue weighted by molar-refractivity contribution is 5.85. The Morgan fingerprint density at radius 1 is 0.733 bits per heavy atom. The van der Waals surface area contributed by atoms with Crippen LogP contribution < -0.4 is 4.74 Å². The molecular formula is C28H24O2. The quantitative estimate of drug-likeness (QED) is 0.391. The van der Waals surface area contributed by atoms with Gasteiger partial charge in [-0.15, -0.1) is 0 Å². The van der Waals surface area contributed by atoms with Gasteiger partial charge < -0.3 is 9.84 Å². The molecule has 0 fully saturated rings. The molecule has 1 aliphatic rings. The predicted octanol–water partition coefficient (Wildman–Crippen LogP) is 5.89. The van der Waals surface area contributed by atoms with E-state index in [0.717, 1.165) is 24.2 Å². The summed E-state index contributed by atoms with van der Waals surface area (Å²) in [5.74, 6) is 0.840. The number of aliphatic hydroxyl groups is 1. The monoisotopic (exact) mass is 392 g/mol. The van der Waals surface area contributed by atoms with Crippen molar-refractivity contribution in [3.63, 3.8) is 0 Å². The van der Waals surface area contributed by atoms with Crippen LogP contribution in [0.5, 0.6) is 5.75 Å². The van der Waals surface area contributed by atoms with Gasteiger partial charge in [0.1, 0.15) is 12.4 Å². The first-order chi connectivity index (χ1) is 14.8. The molecule has 0 saturated carbocycles. The SMILES string of the molecule is OCCOc1ccc(-c2cccc3c2Cc2ccccc2-3)cc1Cc1ccccc1. The maximum absolute atomic E-state index is 9.21. The number of ether oxygens (including phenoxy) is 1. The zero-order valence-electron chi connectivity index (χ0n) is 16.8. The Morgan fingerprint density at radius 2 is 1.50 bits per heavy atom. The zero-order valence-corrected chi connectivity index (χ0v) is 16.8. The summed E-state index contributed by atoms with van der Waals surface area (Å²) in [5, 5.41) is 9.21. The minimum atomic E-state index is 0.0109. The van der Waals surface area contributed by atoms with Gasteiger partial charge in [0.25, 0.3) is 0 Å². The molecule has 4 aromatic rings. The first-order valence-corrected chi connectivity index (χ1v) is 10.4. The second kappa shape index (κ2) is 8.17. The maximum atomic E-state index is 9.21. The number of hydrogen-bond acceptors (Lipinski definition) is 2. The topological polar surface area (TPSA) is 29.5 Å². The number of hydrogen-bond donors (Lipinski definition) is 1. The second-order valence-electron chi connectivity index (χ2n) is 7.72. The van der Waals surface area contributed by atoms with Gasteiger partial charge in [-0.25, -0.2) is 0 Å². The van der Waals surface area contributed by atoms with Crippen LogP contribution in [0.3, 0.4) is 0 Å². The maximum Gasteiger partial charge on any atom is 0.122 e. The summed E-state index contributed by atoms with van der Waals surface area (Å²) in [7, 11) is 0. The molecular weight excluding hydrogens is 368 g/mol. The molecule has 5 rings (SSSR count). The van der Waals surface area contributed by atoms with Crippen LogP contribution >= 0.6 is 0 Å². The van der Waals surface area contributed by atoms with Gasteiger partial charge in [0, 0.05) is 6.42 Å². The summed E-state index contributed by atoms with van der Waals surface area (Å²) < 4.78 is 5.84. The first-order valence-electron chi connectivity index (χ1n) is 10.4. The minimum absolute atomic E-state index is 0.0109. The fraction of sp³-hybridized carbons (Fsp3) is 0.143. The molecule has 0 aromatic heterocycles. The summed E-state index contributed by atoms with van der Waals surface area (Å²) >= 11 is 0. The van der Waals surface area contributed by atoms with Crippen molar-refractivity contribution in [3.05, 3.63) is 113 Å². The molecule has 0 aliphatic heterocycles. The van der Waals surface area contributed by atoms with E-state index in [1.807, 2.05) is 12.1 Å². The molecule has 0 radical (unpaired) electrons. The highest BCUT2D eigenvalue weighted by atomic mass is 16.5. The van der Waals surface area contributed by atoms with Crippen LogP contribution in [-0.2, 0) is 12.8 Å². The van der Waals surface area contributed by atoms with Crippen molar-refractivity contribution in [2.75, 3.05) is 13.2 Å². The minimum Gasteiger partial charge on any atom is -0.491 e. The second-order valence-corrected chi connectivity index (χ2v) is 7.72. The average Bonchev–Trinajstić information content (AvgIpc) is 3.18. The Labute approximate surface area is 177 Å². The smallest absolute Gasteiger partial charge is 0.122 e. The van der Waals surface area contributed by atoms with Crippen molar-refractivity contribution in [2.45, 2.75) is 12.8 Å². The van der Waals surface area contributed by atoms with Gasteiger partial charge in [0.2, 0.25) is 0 Å². The molecule has 2 heteroatoms. The van der Waals surface area contributed by atoms with E-state index in [0.29, 0.717) is 6.61 Å². The number of aliphatic hydroxyl groups excluding tert-OH is 1. The summed E-state index contributed by atoms with van der Waals surface area (Å²) in [4.78, 5) is 0. The molecule has 0 bridgehead atoms. The molecule has 0 spiro atoms. The molecule has 2 nitrogen and oxygen atoms in total. The standard InChI is InChI=1S/C28H24O2/c29-15-16-30-28-14-13-22(18-23(28)17-20-7-2-1-3-8-20)25-11-6-12-26-24-10-5-4-9-21(24)19-27(25)26/h1-14,18,29H,15-17,19H2. The lowest BCUT2D eigenvalue weighted by Gasteiger charge is -2.15. The van der Waals surface area contributed by atoms with Crippen LogP contribution in [0.25, 0.3) is 22.3 Å². The first kappa shape index (κ1) is 18.7. The molecule has 0 amide bonds. The van der Waals surface area contributed by atoms with Gasteiger partial charge >= 0.3 is 0 Å². The Hall–Kier alpha value is -3.36. The van der Waals surface area contributed by atoms with Gasteiger partial charge in [0.05, 0.1) is 6.61 Å². The molecule has 1 N–H and O–H groups in total. The van der Waals surface area contributed by atoms with Crippen LogP contribution in [0.2, 0.25) is 0 Å². The van der Waals surface area contributed by atoms with E-state index in [1.54, 1.807) is 0 Å². The Balaban J connectivity index is 1.57. The summed E-state index contributed by atoms with van der Waals surface area (Å²) in [5.41, 5.74) is 10.4. The molecule has 0 saturated heterocycles. The van der Waals surface area contributed by atoms with Crippen LogP contribution in [0.4, 0.5) is 0 Å². The van der Waals surface area contributed by atoms with E-state index < -0.39 is 0 Å². The third kappa shape index (κ3) is 3.51. The molecule has 0 atom stereocenters. The van der Waals surface area contributed by atoms with Crippen molar-refractivity contribution in [1.29, 1.82) is 0 Å². The van der Waals surface area contributed by atoms with Crippen LogP contribution in [0.15, 0.2) is 91.0 Å². The fourth-order valence-corrected chi connectivity index (χ4v) is 4.43. The molecule has 4 aromatic carbocycles. The van der Waals surface area contributed by atoms with E-state index in [9.17, 15) is 5.11 Å². The molecule has 0 heterocycles. The zero-order chi connectivity index (χ0) is 20.3. The summed E-state index contributed by atoms with van der Waals surface area (Å²) in [6.07, 6.45) is 1.77. The van der Waals surface area contributed by atoms with E-state index >= 15 is 0 Å². The van der Waals surface area contributed by atoms with Crippen LogP contribution in [0, 0.1) is 0 Å². The fourth-order valence-electron chi connectivity index (χ4n) is 4.43. The van der Waals surface area contributed by atoms with Crippen molar-refractivity contribution in [1.82, 2.24) is 0 Å². The van der Waals surface area contributed by atoms with Gasteiger partial charge in [-0.1, -0.05) is 78.9 Å². The van der Waals surface area contributed by atoms with Crippen molar-refractivity contribution in [3.8, 4) is 28.0 Å². The Kier molecular flexibility index (Phi) is 5.08. The summed E-state index contributed by atoms with van der Waals surface area (Å²) in [6, 6.07) is 32.2. The van der Waals surface area contributed by atoms with Gasteiger partial charge in [-0.05, 0) is 63.1 Å². The number of fused-ring (bicyclic) bond motifs is 3. The van der Waals surface area contributed by atoms with Crippen molar-refractivity contribution in [2.24, 2.45) is 0 Å². The normalized spacial score (nSPS) is 11.8. The third-order valence-electron chi connectivity index (χ3n) is 5.81. The van der Waals surface area contributed by atoms with E-state index in [-0.39, 0.29) is 6.61 Å². The number of rotatable bonds is 6. The van der Waals surface area contributed by atoms with Crippen molar-refractivity contribution >= 4 is 0 Å². The van der Waals surface area contributed by atoms with Crippen LogP contribution in [-0.4, -0.2) is 18.3 Å². The van der Waals surface area contributed by atoms with Crippen molar-refractivity contribution < 1.29 is 9.84 Å². The van der Waals surface area contributed by atoms with Gasteiger partial charge in [0.15, 0.2) is 0 Å². The molecule has 148 valence electrons. The van der Waals surface area contributed by atoms with E-state index in [1.165, 1.54) is 38.9 Å². The largest absolute Gasteiger partial charge is 0.491 e. The van der Waals surface area contributed by atoms with Crippen LogP contribution in [0.1, 0.15) is 22.3 Å². The lowest BCUT2D eigenvalue weighted by Crippen LogP contribution is -2.04. The molecule has 1 aliphatic carbocycles. The van der Waals surface area contributed by atoms with E-state index in [2.05, 4.69) is 78.9 Å². The third-order valence-corrected chi connectivity index (χ3v) is 5.81. The molecule has 30 heavy (non-hydrogen) atoms. The highest BCUT2D eigenvalue weighted by Crippen LogP contribution is 2.42. The highest BCUT2D eigenvalue weighted by Gasteiger charge is 2.21.